The van der Waals surface area contributed by atoms with Crippen LogP contribution < -0.4 is 10.6 Å². The molecule has 0 aliphatic carbocycles. The van der Waals surface area contributed by atoms with Gasteiger partial charge in [0.05, 0.1) is 4.88 Å². The van der Waals surface area contributed by atoms with E-state index in [1.165, 1.54) is 30.6 Å². The zero-order valence-corrected chi connectivity index (χ0v) is 13.2. The second kappa shape index (κ2) is 9.04. The summed E-state index contributed by atoms with van der Waals surface area (Å²) in [4.78, 5) is 12.5. The minimum atomic E-state index is -0.130. The maximum absolute atomic E-state index is 11.8. The molecule has 5 heteroatoms. The summed E-state index contributed by atoms with van der Waals surface area (Å²) >= 11 is 6.56. The standard InChI is InChI=1S/C14H22N2OS2/c1-3-5-7-11(4-2)10-15-14(18)16-13(17)12-8-6-9-19-12/h6,8-9,11H,3-5,7,10H2,1-2H3,(H2,15,16,17,18). The summed E-state index contributed by atoms with van der Waals surface area (Å²) in [6, 6.07) is 3.65. The van der Waals surface area contributed by atoms with Crippen LogP contribution in [0.4, 0.5) is 0 Å². The lowest BCUT2D eigenvalue weighted by atomic mass is 9.99. The summed E-state index contributed by atoms with van der Waals surface area (Å²) < 4.78 is 0. The summed E-state index contributed by atoms with van der Waals surface area (Å²) in [5, 5.41) is 8.15. The van der Waals surface area contributed by atoms with Gasteiger partial charge in [-0.25, -0.2) is 0 Å². The van der Waals surface area contributed by atoms with Crippen molar-refractivity contribution >= 4 is 34.6 Å². The van der Waals surface area contributed by atoms with Crippen molar-refractivity contribution in [2.24, 2.45) is 5.92 Å². The Kier molecular flexibility index (Phi) is 7.67. The van der Waals surface area contributed by atoms with Crippen molar-refractivity contribution in [2.45, 2.75) is 39.5 Å². The summed E-state index contributed by atoms with van der Waals surface area (Å²) in [6.45, 7) is 5.22. The van der Waals surface area contributed by atoms with Gasteiger partial charge in [0.2, 0.25) is 0 Å². The first kappa shape index (κ1) is 16.1. The minimum Gasteiger partial charge on any atom is -0.362 e. The molecule has 106 valence electrons. The van der Waals surface area contributed by atoms with Gasteiger partial charge in [0.15, 0.2) is 5.11 Å². The molecule has 0 radical (unpaired) electrons. The van der Waals surface area contributed by atoms with Gasteiger partial charge in [-0.05, 0) is 36.0 Å². The lowest BCUT2D eigenvalue weighted by Gasteiger charge is -2.16. The largest absolute Gasteiger partial charge is 0.362 e. The molecule has 0 spiro atoms. The van der Waals surface area contributed by atoms with Gasteiger partial charge in [-0.15, -0.1) is 11.3 Å². The van der Waals surface area contributed by atoms with Crippen LogP contribution in [0, 0.1) is 5.92 Å². The molecule has 1 atom stereocenters. The van der Waals surface area contributed by atoms with Gasteiger partial charge < -0.3 is 5.32 Å². The first-order valence-electron chi connectivity index (χ1n) is 6.80. The molecule has 1 amide bonds. The quantitative estimate of drug-likeness (QED) is 0.756. The summed E-state index contributed by atoms with van der Waals surface area (Å²) in [7, 11) is 0. The number of rotatable bonds is 7. The number of thiophene rings is 1. The number of hydrogen-bond acceptors (Lipinski definition) is 3. The van der Waals surface area contributed by atoms with Crippen LogP contribution in [0.3, 0.4) is 0 Å². The lowest BCUT2D eigenvalue weighted by molar-refractivity contribution is 0.0980. The van der Waals surface area contributed by atoms with Gasteiger partial charge in [0, 0.05) is 6.54 Å². The molecule has 0 aliphatic rings. The highest BCUT2D eigenvalue weighted by Crippen LogP contribution is 2.11. The molecule has 0 fully saturated rings. The second-order valence-electron chi connectivity index (χ2n) is 4.56. The molecule has 2 N–H and O–H groups in total. The molecular weight excluding hydrogens is 276 g/mol. The van der Waals surface area contributed by atoms with Crippen LogP contribution in [-0.2, 0) is 0 Å². The van der Waals surface area contributed by atoms with E-state index in [0.717, 1.165) is 13.0 Å². The molecule has 1 unspecified atom stereocenters. The van der Waals surface area contributed by atoms with Crippen molar-refractivity contribution in [1.29, 1.82) is 0 Å². The fourth-order valence-corrected chi connectivity index (χ4v) is 2.59. The van der Waals surface area contributed by atoms with Crippen molar-refractivity contribution in [3.05, 3.63) is 22.4 Å². The molecular formula is C14H22N2OS2. The topological polar surface area (TPSA) is 41.1 Å². The van der Waals surface area contributed by atoms with Gasteiger partial charge in [0.1, 0.15) is 0 Å². The number of carbonyl (C=O) groups excluding carboxylic acids is 1. The maximum atomic E-state index is 11.8. The third kappa shape index (κ3) is 6.16. The fourth-order valence-electron chi connectivity index (χ4n) is 1.80. The number of amides is 1. The normalized spacial score (nSPS) is 11.9. The number of carbonyl (C=O) groups is 1. The summed E-state index contributed by atoms with van der Waals surface area (Å²) in [5.74, 6) is 0.491. The monoisotopic (exact) mass is 298 g/mol. The van der Waals surface area contributed by atoms with Crippen LogP contribution >= 0.6 is 23.6 Å². The van der Waals surface area contributed by atoms with Crippen molar-refractivity contribution in [2.75, 3.05) is 6.54 Å². The Labute approximate surface area is 124 Å². The molecule has 0 aromatic carbocycles. The van der Waals surface area contributed by atoms with Crippen LogP contribution in [0.5, 0.6) is 0 Å². The third-order valence-corrected chi connectivity index (χ3v) is 4.18. The predicted molar refractivity (Wildman–Crippen MR) is 85.7 cm³/mol. The van der Waals surface area contributed by atoms with E-state index in [9.17, 15) is 4.79 Å². The highest BCUT2D eigenvalue weighted by Gasteiger charge is 2.10. The van der Waals surface area contributed by atoms with Crippen LogP contribution in [0.1, 0.15) is 49.2 Å². The number of unbranched alkanes of at least 4 members (excludes halogenated alkanes) is 1. The van der Waals surface area contributed by atoms with Crippen molar-refractivity contribution in [3.63, 3.8) is 0 Å². The molecule has 0 saturated carbocycles. The van der Waals surface area contributed by atoms with Crippen LogP contribution in [0.25, 0.3) is 0 Å². The zero-order valence-electron chi connectivity index (χ0n) is 11.6. The van der Waals surface area contributed by atoms with E-state index in [1.54, 1.807) is 6.07 Å². The number of hydrogen-bond donors (Lipinski definition) is 2. The van der Waals surface area contributed by atoms with E-state index < -0.39 is 0 Å². The van der Waals surface area contributed by atoms with E-state index in [-0.39, 0.29) is 5.91 Å². The van der Waals surface area contributed by atoms with Crippen LogP contribution in [-0.4, -0.2) is 17.6 Å². The average Bonchev–Trinajstić information content (AvgIpc) is 2.93. The fraction of sp³-hybridized carbons (Fsp3) is 0.571. The highest BCUT2D eigenvalue weighted by molar-refractivity contribution is 7.80. The zero-order chi connectivity index (χ0) is 14.1. The Morgan fingerprint density at radius 2 is 2.26 bits per heavy atom. The molecule has 0 saturated heterocycles. The van der Waals surface area contributed by atoms with Gasteiger partial charge in [-0.2, -0.15) is 0 Å². The van der Waals surface area contributed by atoms with Gasteiger partial charge in [-0.3, -0.25) is 10.1 Å². The third-order valence-electron chi connectivity index (χ3n) is 3.07. The maximum Gasteiger partial charge on any atom is 0.267 e. The van der Waals surface area contributed by atoms with Crippen LogP contribution in [0.2, 0.25) is 0 Å². The number of nitrogens with one attached hydrogen (secondary N) is 2. The highest BCUT2D eigenvalue weighted by atomic mass is 32.1. The predicted octanol–water partition coefficient (Wildman–Crippen LogP) is 3.57. The van der Waals surface area contributed by atoms with Gasteiger partial charge in [-0.1, -0.05) is 39.2 Å². The van der Waals surface area contributed by atoms with Crippen LogP contribution in [0.15, 0.2) is 17.5 Å². The Bertz CT molecular complexity index is 390. The molecule has 1 heterocycles. The Balaban J connectivity index is 2.29. The molecule has 1 aromatic heterocycles. The molecule has 1 aromatic rings. The Morgan fingerprint density at radius 1 is 1.47 bits per heavy atom. The molecule has 3 nitrogen and oxygen atoms in total. The van der Waals surface area contributed by atoms with E-state index in [1.807, 2.05) is 11.4 Å². The van der Waals surface area contributed by atoms with Gasteiger partial charge >= 0.3 is 0 Å². The van der Waals surface area contributed by atoms with E-state index >= 15 is 0 Å². The second-order valence-corrected chi connectivity index (χ2v) is 5.91. The smallest absolute Gasteiger partial charge is 0.267 e. The van der Waals surface area contributed by atoms with E-state index in [4.69, 9.17) is 12.2 Å². The molecule has 1 rings (SSSR count). The molecule has 0 bridgehead atoms. The number of thiocarbonyl (C=S) groups is 1. The minimum absolute atomic E-state index is 0.130. The molecule has 0 aliphatic heterocycles. The van der Waals surface area contributed by atoms with Crippen molar-refractivity contribution < 1.29 is 4.79 Å². The van der Waals surface area contributed by atoms with E-state index in [0.29, 0.717) is 15.9 Å². The van der Waals surface area contributed by atoms with Crippen molar-refractivity contribution in [1.82, 2.24) is 10.6 Å². The van der Waals surface area contributed by atoms with Crippen molar-refractivity contribution in [3.8, 4) is 0 Å². The summed E-state index contributed by atoms with van der Waals surface area (Å²) in [5.41, 5.74) is 0. The van der Waals surface area contributed by atoms with E-state index in [2.05, 4.69) is 24.5 Å². The Hall–Kier alpha value is -0.940. The van der Waals surface area contributed by atoms with Gasteiger partial charge in [0.25, 0.3) is 5.91 Å². The lowest BCUT2D eigenvalue weighted by Crippen LogP contribution is -2.40. The first-order chi connectivity index (χ1) is 9.17. The first-order valence-corrected chi connectivity index (χ1v) is 8.08. The average molecular weight is 298 g/mol. The SMILES string of the molecule is CCCCC(CC)CNC(=S)NC(=O)c1cccs1. The summed E-state index contributed by atoms with van der Waals surface area (Å²) in [6.07, 6.45) is 4.81. The Morgan fingerprint density at radius 3 is 2.84 bits per heavy atom. The molecule has 19 heavy (non-hydrogen) atoms.